The van der Waals surface area contributed by atoms with Gasteiger partial charge >= 0.3 is 5.63 Å². The number of methoxy groups -OCH3 is 1. The van der Waals surface area contributed by atoms with Gasteiger partial charge in [0.05, 0.1) is 24.4 Å². The van der Waals surface area contributed by atoms with Gasteiger partial charge in [0.1, 0.15) is 17.6 Å². The number of hydrogen-bond acceptors (Lipinski definition) is 9. The maximum Gasteiger partial charge on any atom is 0.344 e. The molecule has 0 saturated heterocycles. The molecule has 0 amide bonds. The van der Waals surface area contributed by atoms with Crippen LogP contribution in [0.4, 0.5) is 0 Å². The number of hydrogen-bond donors (Lipinski definition) is 4. The fourth-order valence-electron chi connectivity index (χ4n) is 3.87. The molecule has 1 aromatic heterocycles. The fraction of sp³-hybridized carbons (Fsp3) is 0.154. The van der Waals surface area contributed by atoms with E-state index in [9.17, 15) is 30.0 Å². The Bertz CT molecular complexity index is 1410. The van der Waals surface area contributed by atoms with Crippen LogP contribution in [-0.4, -0.2) is 33.3 Å². The van der Waals surface area contributed by atoms with Crippen LogP contribution in [0, 0.1) is 0 Å². The van der Waals surface area contributed by atoms with Crippen molar-refractivity contribution in [3.63, 3.8) is 0 Å². The van der Waals surface area contributed by atoms with Crippen molar-refractivity contribution in [3.8, 4) is 28.7 Å². The molecule has 0 radical (unpaired) electrons. The highest BCUT2D eigenvalue weighted by Crippen LogP contribution is 2.43. The molecule has 0 unspecified atom stereocenters. The van der Waals surface area contributed by atoms with Crippen LogP contribution in [0.15, 0.2) is 63.5 Å². The van der Waals surface area contributed by atoms with Gasteiger partial charge in [-0.05, 0) is 48.4 Å². The largest absolute Gasteiger partial charge is 0.507 e. The summed E-state index contributed by atoms with van der Waals surface area (Å²) in [5.41, 5.74) is -0.278. The molecular formula is C26H22O9. The van der Waals surface area contributed by atoms with Crippen LogP contribution in [0.25, 0.3) is 12.2 Å². The highest BCUT2D eigenvalue weighted by molar-refractivity contribution is 5.97. The summed E-state index contributed by atoms with van der Waals surface area (Å²) in [5.74, 6) is -2.44. The summed E-state index contributed by atoms with van der Waals surface area (Å²) in [7, 11) is 1.41. The van der Waals surface area contributed by atoms with Crippen LogP contribution in [-0.2, 0) is 9.53 Å². The molecule has 1 aliphatic heterocycles. The quantitative estimate of drug-likeness (QED) is 0.400. The number of benzene rings is 2. The maximum atomic E-state index is 12.9. The Hall–Kier alpha value is -4.66. The van der Waals surface area contributed by atoms with Gasteiger partial charge in [-0.2, -0.15) is 0 Å². The van der Waals surface area contributed by atoms with E-state index in [2.05, 4.69) is 0 Å². The summed E-state index contributed by atoms with van der Waals surface area (Å²) in [6, 6.07) is 9.74. The SMILES string of the molecule is COc1cc(/C=C/c2cc(O)c([C@H]3C(=O)C=C(C)O[C@@H]3c3ccc(O)c(O)c3)c(=O)o2)ccc1O. The molecular weight excluding hydrogens is 456 g/mol. The molecule has 2 atom stereocenters. The Morgan fingerprint density at radius 1 is 0.886 bits per heavy atom. The summed E-state index contributed by atoms with van der Waals surface area (Å²) in [5, 5.41) is 40.0. The van der Waals surface area contributed by atoms with Crippen LogP contribution in [0.1, 0.15) is 41.4 Å². The minimum absolute atomic E-state index is 0.0259. The van der Waals surface area contributed by atoms with E-state index in [4.69, 9.17) is 13.9 Å². The third kappa shape index (κ3) is 4.70. The smallest absolute Gasteiger partial charge is 0.344 e. The minimum Gasteiger partial charge on any atom is -0.507 e. The van der Waals surface area contributed by atoms with Gasteiger partial charge in [0, 0.05) is 12.1 Å². The van der Waals surface area contributed by atoms with E-state index in [-0.39, 0.29) is 34.3 Å². The fourth-order valence-corrected chi connectivity index (χ4v) is 3.87. The van der Waals surface area contributed by atoms with E-state index in [1.165, 1.54) is 49.6 Å². The number of carbonyl (C=O) groups excluding carboxylic acids is 1. The van der Waals surface area contributed by atoms with E-state index in [0.29, 0.717) is 11.1 Å². The molecule has 35 heavy (non-hydrogen) atoms. The summed E-state index contributed by atoms with van der Waals surface area (Å²) < 4.78 is 16.2. The van der Waals surface area contributed by atoms with Gasteiger partial charge in [-0.15, -0.1) is 0 Å². The Labute approximate surface area is 199 Å². The van der Waals surface area contributed by atoms with Crippen molar-refractivity contribution >= 4 is 17.9 Å². The summed E-state index contributed by atoms with van der Waals surface area (Å²) in [6.45, 7) is 1.57. The van der Waals surface area contributed by atoms with Gasteiger partial charge in [-0.25, -0.2) is 4.79 Å². The molecule has 0 fully saturated rings. The van der Waals surface area contributed by atoms with E-state index in [1.807, 2.05) is 0 Å². The normalized spacial score (nSPS) is 17.8. The molecule has 0 saturated carbocycles. The zero-order valence-electron chi connectivity index (χ0n) is 18.8. The van der Waals surface area contributed by atoms with Crippen molar-refractivity contribution in [1.29, 1.82) is 0 Å². The average Bonchev–Trinajstić information content (AvgIpc) is 2.81. The highest BCUT2D eigenvalue weighted by Gasteiger charge is 2.39. The first kappa shape index (κ1) is 23.5. The van der Waals surface area contributed by atoms with Gasteiger partial charge in [0.25, 0.3) is 0 Å². The van der Waals surface area contributed by atoms with Crippen molar-refractivity contribution in [3.05, 3.63) is 87.2 Å². The molecule has 2 aromatic carbocycles. The molecule has 9 nitrogen and oxygen atoms in total. The Morgan fingerprint density at radius 3 is 2.31 bits per heavy atom. The molecule has 0 aliphatic carbocycles. The van der Waals surface area contributed by atoms with Crippen LogP contribution in [0.3, 0.4) is 0 Å². The van der Waals surface area contributed by atoms with Gasteiger partial charge in [0.2, 0.25) is 0 Å². The predicted molar refractivity (Wildman–Crippen MR) is 125 cm³/mol. The zero-order chi connectivity index (χ0) is 25.3. The van der Waals surface area contributed by atoms with Gasteiger partial charge in [-0.3, -0.25) is 4.79 Å². The lowest BCUT2D eigenvalue weighted by Gasteiger charge is -2.30. The summed E-state index contributed by atoms with van der Waals surface area (Å²) in [4.78, 5) is 25.8. The Morgan fingerprint density at radius 2 is 1.63 bits per heavy atom. The number of ketones is 1. The summed E-state index contributed by atoms with van der Waals surface area (Å²) in [6.07, 6.45) is 3.18. The number of phenolic OH excluding ortho intramolecular Hbond substituents is 3. The van der Waals surface area contributed by atoms with Crippen molar-refractivity contribution in [1.82, 2.24) is 0 Å². The lowest BCUT2D eigenvalue weighted by Crippen LogP contribution is -2.29. The molecule has 4 rings (SSSR count). The standard InChI is InChI=1S/C26H22O9/c1-13-9-20(30)23(25(34-13)15-5-8-17(27)19(29)11-15)24-21(31)12-16(35-26(24)32)6-3-14-4-7-18(28)22(10-14)33-2/h3-12,23,25,27-29,31H,1-2H3/b6-3+/t23-,25-/m1/s1. The number of carbonyl (C=O) groups is 1. The maximum absolute atomic E-state index is 12.9. The zero-order valence-corrected chi connectivity index (χ0v) is 18.8. The van der Waals surface area contributed by atoms with E-state index in [1.54, 1.807) is 25.1 Å². The number of allylic oxidation sites excluding steroid dienone is 2. The molecule has 4 N–H and O–H groups in total. The van der Waals surface area contributed by atoms with Gasteiger partial charge in [-0.1, -0.05) is 18.2 Å². The molecule has 180 valence electrons. The molecule has 0 bridgehead atoms. The van der Waals surface area contributed by atoms with Crippen molar-refractivity contribution in [2.45, 2.75) is 18.9 Å². The number of phenols is 3. The van der Waals surface area contributed by atoms with E-state index < -0.39 is 34.9 Å². The summed E-state index contributed by atoms with van der Waals surface area (Å²) >= 11 is 0. The first-order valence-electron chi connectivity index (χ1n) is 10.5. The third-order valence-electron chi connectivity index (χ3n) is 5.54. The lowest BCUT2D eigenvalue weighted by molar-refractivity contribution is -0.121. The third-order valence-corrected chi connectivity index (χ3v) is 5.54. The first-order valence-corrected chi connectivity index (χ1v) is 10.5. The molecule has 3 aromatic rings. The topological polar surface area (TPSA) is 147 Å². The van der Waals surface area contributed by atoms with Crippen LogP contribution < -0.4 is 10.4 Å². The van der Waals surface area contributed by atoms with Crippen molar-refractivity contribution in [2.75, 3.05) is 7.11 Å². The van der Waals surface area contributed by atoms with Crippen molar-refractivity contribution < 1.29 is 39.1 Å². The minimum atomic E-state index is -1.25. The van der Waals surface area contributed by atoms with Crippen LogP contribution >= 0.6 is 0 Å². The molecule has 9 heteroatoms. The second kappa shape index (κ2) is 9.30. The first-order chi connectivity index (χ1) is 16.7. The molecule has 0 spiro atoms. The average molecular weight is 478 g/mol. The number of rotatable bonds is 5. The Balaban J connectivity index is 1.72. The molecule has 1 aliphatic rings. The number of aromatic hydroxyl groups is 4. The van der Waals surface area contributed by atoms with E-state index >= 15 is 0 Å². The monoisotopic (exact) mass is 478 g/mol. The van der Waals surface area contributed by atoms with Crippen molar-refractivity contribution in [2.24, 2.45) is 0 Å². The van der Waals surface area contributed by atoms with E-state index in [0.717, 1.165) is 0 Å². The second-order valence-corrected chi connectivity index (χ2v) is 7.92. The second-order valence-electron chi connectivity index (χ2n) is 7.92. The van der Waals surface area contributed by atoms with Crippen LogP contribution in [0.2, 0.25) is 0 Å². The predicted octanol–water partition coefficient (Wildman–Crippen LogP) is 3.97. The lowest BCUT2D eigenvalue weighted by atomic mass is 9.84. The van der Waals surface area contributed by atoms with Crippen LogP contribution in [0.5, 0.6) is 28.7 Å². The Kier molecular flexibility index (Phi) is 6.24. The van der Waals surface area contributed by atoms with Gasteiger partial charge < -0.3 is 34.3 Å². The highest BCUT2D eigenvalue weighted by atomic mass is 16.5. The molecule has 2 heterocycles. The van der Waals surface area contributed by atoms with Gasteiger partial charge in [0.15, 0.2) is 28.8 Å². The number of ether oxygens (including phenoxy) is 2.